The first kappa shape index (κ1) is 12.9. The van der Waals surface area contributed by atoms with E-state index < -0.39 is 0 Å². The van der Waals surface area contributed by atoms with Gasteiger partial charge in [0.05, 0.1) is 24.9 Å². The second-order valence-electron chi connectivity index (χ2n) is 5.24. The third kappa shape index (κ3) is 4.49. The number of rotatable bonds is 6. The SMILES string of the molecule is CC(C)NC(C)(CO)COC1CCCC1. The normalized spacial score (nSPS) is 22.2. The van der Waals surface area contributed by atoms with Crippen LogP contribution >= 0.6 is 0 Å². The molecular weight excluding hydrogens is 190 g/mol. The summed E-state index contributed by atoms with van der Waals surface area (Å²) in [6, 6.07) is 0.370. The summed E-state index contributed by atoms with van der Waals surface area (Å²) in [7, 11) is 0. The van der Waals surface area contributed by atoms with Crippen molar-refractivity contribution in [2.45, 2.75) is 64.1 Å². The molecule has 0 radical (unpaired) electrons. The summed E-state index contributed by atoms with van der Waals surface area (Å²) in [4.78, 5) is 0. The molecule has 2 N–H and O–H groups in total. The summed E-state index contributed by atoms with van der Waals surface area (Å²) < 4.78 is 5.84. The summed E-state index contributed by atoms with van der Waals surface area (Å²) in [5.74, 6) is 0. The average Bonchev–Trinajstić information content (AvgIpc) is 2.66. The van der Waals surface area contributed by atoms with Crippen LogP contribution in [0.15, 0.2) is 0 Å². The van der Waals surface area contributed by atoms with Gasteiger partial charge in [-0.25, -0.2) is 0 Å². The molecule has 3 nitrogen and oxygen atoms in total. The lowest BCUT2D eigenvalue weighted by Gasteiger charge is -2.32. The quantitative estimate of drug-likeness (QED) is 0.708. The van der Waals surface area contributed by atoms with E-state index >= 15 is 0 Å². The standard InChI is InChI=1S/C12H25NO2/c1-10(2)13-12(3,8-14)9-15-11-6-4-5-7-11/h10-11,13-14H,4-9H2,1-3H3. The van der Waals surface area contributed by atoms with Crippen LogP contribution in [-0.4, -0.2) is 36.0 Å². The Kier molecular flexibility index (Phi) is 5.03. The molecule has 0 saturated heterocycles. The molecule has 90 valence electrons. The van der Waals surface area contributed by atoms with E-state index in [0.717, 1.165) is 0 Å². The molecule has 0 aromatic carbocycles. The van der Waals surface area contributed by atoms with E-state index in [0.29, 0.717) is 18.8 Å². The van der Waals surface area contributed by atoms with Crippen molar-refractivity contribution >= 4 is 0 Å². The minimum atomic E-state index is -0.295. The van der Waals surface area contributed by atoms with Crippen molar-refractivity contribution in [3.8, 4) is 0 Å². The Balaban J connectivity index is 2.30. The van der Waals surface area contributed by atoms with Crippen LogP contribution < -0.4 is 5.32 Å². The second kappa shape index (κ2) is 5.83. The van der Waals surface area contributed by atoms with E-state index in [-0.39, 0.29) is 12.1 Å². The molecule has 15 heavy (non-hydrogen) atoms. The predicted molar refractivity (Wildman–Crippen MR) is 62.0 cm³/mol. The highest BCUT2D eigenvalue weighted by molar-refractivity contribution is 4.84. The summed E-state index contributed by atoms with van der Waals surface area (Å²) in [5.41, 5.74) is -0.295. The molecule has 1 aliphatic carbocycles. The largest absolute Gasteiger partial charge is 0.394 e. The maximum atomic E-state index is 9.37. The summed E-state index contributed by atoms with van der Waals surface area (Å²) >= 11 is 0. The Morgan fingerprint density at radius 2 is 2.00 bits per heavy atom. The Hall–Kier alpha value is -0.120. The van der Waals surface area contributed by atoms with E-state index in [9.17, 15) is 5.11 Å². The monoisotopic (exact) mass is 215 g/mol. The molecule has 1 atom stereocenters. The predicted octanol–water partition coefficient (Wildman–Crippen LogP) is 1.69. The third-order valence-electron chi connectivity index (χ3n) is 2.93. The first-order chi connectivity index (χ1) is 7.06. The van der Waals surface area contributed by atoms with Crippen LogP contribution in [0.1, 0.15) is 46.5 Å². The average molecular weight is 215 g/mol. The van der Waals surface area contributed by atoms with E-state index in [1.807, 2.05) is 6.92 Å². The van der Waals surface area contributed by atoms with Crippen molar-refractivity contribution in [2.24, 2.45) is 0 Å². The van der Waals surface area contributed by atoms with Gasteiger partial charge in [-0.15, -0.1) is 0 Å². The molecule has 1 unspecified atom stereocenters. The van der Waals surface area contributed by atoms with Crippen LogP contribution in [0.4, 0.5) is 0 Å². The first-order valence-electron chi connectivity index (χ1n) is 6.06. The molecule has 0 aliphatic heterocycles. The van der Waals surface area contributed by atoms with Crippen molar-refractivity contribution in [1.82, 2.24) is 5.32 Å². The minimum absolute atomic E-state index is 0.123. The van der Waals surface area contributed by atoms with E-state index in [4.69, 9.17) is 4.74 Å². The van der Waals surface area contributed by atoms with Gasteiger partial charge < -0.3 is 15.2 Å². The van der Waals surface area contributed by atoms with Crippen LogP contribution in [0.5, 0.6) is 0 Å². The number of hydrogen-bond donors (Lipinski definition) is 2. The number of aliphatic hydroxyl groups is 1. The zero-order valence-electron chi connectivity index (χ0n) is 10.3. The van der Waals surface area contributed by atoms with E-state index in [1.54, 1.807) is 0 Å². The van der Waals surface area contributed by atoms with Crippen LogP contribution in [0.25, 0.3) is 0 Å². The number of hydrogen-bond acceptors (Lipinski definition) is 3. The van der Waals surface area contributed by atoms with Crippen molar-refractivity contribution in [1.29, 1.82) is 0 Å². The van der Waals surface area contributed by atoms with Gasteiger partial charge in [0.1, 0.15) is 0 Å². The minimum Gasteiger partial charge on any atom is -0.394 e. The van der Waals surface area contributed by atoms with Gasteiger partial charge >= 0.3 is 0 Å². The molecule has 1 fully saturated rings. The maximum Gasteiger partial charge on any atom is 0.0671 e. The van der Waals surface area contributed by atoms with Crippen molar-refractivity contribution in [3.63, 3.8) is 0 Å². The first-order valence-corrected chi connectivity index (χ1v) is 6.06. The molecule has 0 spiro atoms. The highest BCUT2D eigenvalue weighted by Gasteiger charge is 2.26. The van der Waals surface area contributed by atoms with Crippen LogP contribution in [0.2, 0.25) is 0 Å². The lowest BCUT2D eigenvalue weighted by atomic mass is 10.0. The number of nitrogens with one attached hydrogen (secondary N) is 1. The highest BCUT2D eigenvalue weighted by Crippen LogP contribution is 2.22. The smallest absolute Gasteiger partial charge is 0.0671 e. The van der Waals surface area contributed by atoms with Gasteiger partial charge in [0.25, 0.3) is 0 Å². The number of ether oxygens (including phenoxy) is 1. The Morgan fingerprint density at radius 1 is 1.40 bits per heavy atom. The molecule has 1 aliphatic rings. The lowest BCUT2D eigenvalue weighted by molar-refractivity contribution is -0.00306. The van der Waals surface area contributed by atoms with Gasteiger partial charge in [-0.1, -0.05) is 26.7 Å². The molecule has 0 amide bonds. The van der Waals surface area contributed by atoms with Crippen molar-refractivity contribution < 1.29 is 9.84 Å². The van der Waals surface area contributed by atoms with Gasteiger partial charge in [-0.2, -0.15) is 0 Å². The lowest BCUT2D eigenvalue weighted by Crippen LogP contribution is -2.53. The fourth-order valence-electron chi connectivity index (χ4n) is 2.19. The van der Waals surface area contributed by atoms with Crippen LogP contribution in [0.3, 0.4) is 0 Å². The molecule has 0 bridgehead atoms. The molecule has 1 saturated carbocycles. The van der Waals surface area contributed by atoms with Gasteiger partial charge in [-0.05, 0) is 19.8 Å². The molecule has 1 rings (SSSR count). The second-order valence-corrected chi connectivity index (χ2v) is 5.24. The highest BCUT2D eigenvalue weighted by atomic mass is 16.5. The van der Waals surface area contributed by atoms with Crippen molar-refractivity contribution in [3.05, 3.63) is 0 Å². The van der Waals surface area contributed by atoms with Crippen molar-refractivity contribution in [2.75, 3.05) is 13.2 Å². The number of aliphatic hydroxyl groups excluding tert-OH is 1. The topological polar surface area (TPSA) is 41.5 Å². The van der Waals surface area contributed by atoms with Crippen LogP contribution in [-0.2, 0) is 4.74 Å². The Morgan fingerprint density at radius 3 is 2.47 bits per heavy atom. The third-order valence-corrected chi connectivity index (χ3v) is 2.93. The zero-order chi connectivity index (χ0) is 11.3. The van der Waals surface area contributed by atoms with Gasteiger partial charge in [0.2, 0.25) is 0 Å². The molecule has 0 aromatic rings. The fraction of sp³-hybridized carbons (Fsp3) is 1.00. The molecular formula is C12H25NO2. The maximum absolute atomic E-state index is 9.37. The van der Waals surface area contributed by atoms with Gasteiger partial charge in [-0.3, -0.25) is 0 Å². The molecule has 0 aromatic heterocycles. The Bertz CT molecular complexity index is 178. The summed E-state index contributed by atoms with van der Waals surface area (Å²) in [6.45, 7) is 6.92. The molecule has 0 heterocycles. The fourth-order valence-corrected chi connectivity index (χ4v) is 2.19. The molecule has 3 heteroatoms. The van der Waals surface area contributed by atoms with E-state index in [2.05, 4.69) is 19.2 Å². The zero-order valence-corrected chi connectivity index (χ0v) is 10.3. The van der Waals surface area contributed by atoms with Gasteiger partial charge in [0, 0.05) is 6.04 Å². The summed E-state index contributed by atoms with van der Waals surface area (Å²) in [5, 5.41) is 12.7. The van der Waals surface area contributed by atoms with E-state index in [1.165, 1.54) is 25.7 Å². The Labute approximate surface area is 93.2 Å². The van der Waals surface area contributed by atoms with Crippen LogP contribution in [0, 0.1) is 0 Å². The summed E-state index contributed by atoms with van der Waals surface area (Å²) in [6.07, 6.45) is 5.37. The van der Waals surface area contributed by atoms with Gasteiger partial charge in [0.15, 0.2) is 0 Å².